The van der Waals surface area contributed by atoms with Gasteiger partial charge in [-0.15, -0.1) is 0 Å². The van der Waals surface area contributed by atoms with Gasteiger partial charge in [0.15, 0.2) is 5.82 Å². The molecule has 152 valence electrons. The zero-order valence-electron chi connectivity index (χ0n) is 16.9. The van der Waals surface area contributed by atoms with Crippen molar-refractivity contribution in [2.45, 2.75) is 44.6 Å². The first kappa shape index (κ1) is 18.6. The van der Waals surface area contributed by atoms with Gasteiger partial charge in [0.1, 0.15) is 5.82 Å². The second-order valence-corrected chi connectivity index (χ2v) is 8.61. The summed E-state index contributed by atoms with van der Waals surface area (Å²) in [6, 6.07) is 10.4. The van der Waals surface area contributed by atoms with Crippen LogP contribution in [0.25, 0.3) is 11.4 Å². The van der Waals surface area contributed by atoms with E-state index >= 15 is 0 Å². The van der Waals surface area contributed by atoms with Crippen LogP contribution in [-0.4, -0.2) is 53.0 Å². The summed E-state index contributed by atoms with van der Waals surface area (Å²) in [6.45, 7) is 3.31. The van der Waals surface area contributed by atoms with E-state index in [2.05, 4.69) is 17.0 Å². The minimum atomic E-state index is 0.125. The quantitative estimate of drug-likeness (QED) is 0.870. The van der Waals surface area contributed by atoms with E-state index < -0.39 is 0 Å². The summed E-state index contributed by atoms with van der Waals surface area (Å²) in [4.78, 5) is 27.1. The van der Waals surface area contributed by atoms with Gasteiger partial charge < -0.3 is 15.5 Å². The fourth-order valence-electron chi connectivity index (χ4n) is 4.97. The van der Waals surface area contributed by atoms with Crippen molar-refractivity contribution in [3.05, 3.63) is 41.6 Å². The van der Waals surface area contributed by atoms with Gasteiger partial charge in [-0.3, -0.25) is 4.79 Å². The van der Waals surface area contributed by atoms with Gasteiger partial charge >= 0.3 is 0 Å². The van der Waals surface area contributed by atoms with Crippen LogP contribution in [0.5, 0.6) is 0 Å². The maximum atomic E-state index is 12.8. The molecule has 3 heterocycles. The second-order valence-electron chi connectivity index (χ2n) is 8.61. The molecule has 2 N–H and O–H groups in total. The van der Waals surface area contributed by atoms with Gasteiger partial charge in [0.2, 0.25) is 5.91 Å². The molecule has 1 aromatic heterocycles. The molecule has 1 aliphatic carbocycles. The molecule has 0 bridgehead atoms. The van der Waals surface area contributed by atoms with E-state index in [9.17, 15) is 4.79 Å². The Bertz CT molecular complexity index is 892. The topological polar surface area (TPSA) is 75.3 Å². The van der Waals surface area contributed by atoms with E-state index in [0.717, 1.165) is 81.9 Å². The average Bonchev–Trinajstić information content (AvgIpc) is 3.42. The summed E-state index contributed by atoms with van der Waals surface area (Å²) in [5.41, 5.74) is 9.58. The zero-order chi connectivity index (χ0) is 19.8. The molecule has 6 nitrogen and oxygen atoms in total. The molecule has 29 heavy (non-hydrogen) atoms. The summed E-state index contributed by atoms with van der Waals surface area (Å²) < 4.78 is 0. The molecule has 2 saturated heterocycles. The first-order chi connectivity index (χ1) is 14.2. The number of carbonyl (C=O) groups is 1. The number of piperidine rings is 1. The molecule has 3 aliphatic rings. The van der Waals surface area contributed by atoms with Crippen molar-refractivity contribution in [2.75, 3.05) is 31.1 Å². The standard InChI is InChI=1S/C23H29N5O/c24-18-11-14-28(15-18)23(29)17-9-12-27(13-10-17)22-19-7-4-8-20(19)25-21(26-22)16-5-2-1-3-6-16/h1-3,5-6,17-18H,4,7-15,24H2. The number of amides is 1. The van der Waals surface area contributed by atoms with E-state index in [1.54, 1.807) is 0 Å². The summed E-state index contributed by atoms with van der Waals surface area (Å²) in [5.74, 6) is 2.35. The van der Waals surface area contributed by atoms with Gasteiger partial charge in [-0.2, -0.15) is 0 Å². The molecule has 6 heteroatoms. The van der Waals surface area contributed by atoms with Crippen molar-refractivity contribution in [3.8, 4) is 11.4 Å². The maximum Gasteiger partial charge on any atom is 0.225 e. The molecule has 1 amide bonds. The number of carbonyl (C=O) groups excluding carboxylic acids is 1. The highest BCUT2D eigenvalue weighted by Gasteiger charge is 2.33. The molecule has 2 aromatic rings. The number of hydrogen-bond acceptors (Lipinski definition) is 5. The van der Waals surface area contributed by atoms with Gasteiger partial charge in [-0.1, -0.05) is 30.3 Å². The third kappa shape index (κ3) is 3.62. The lowest BCUT2D eigenvalue weighted by atomic mass is 9.95. The maximum absolute atomic E-state index is 12.8. The highest BCUT2D eigenvalue weighted by Crippen LogP contribution is 2.34. The Morgan fingerprint density at radius 2 is 1.79 bits per heavy atom. The molecule has 1 atom stereocenters. The zero-order valence-corrected chi connectivity index (χ0v) is 16.9. The number of aromatic nitrogens is 2. The van der Waals surface area contributed by atoms with Crippen molar-refractivity contribution in [1.29, 1.82) is 0 Å². The van der Waals surface area contributed by atoms with Crippen LogP contribution in [0.3, 0.4) is 0 Å². The van der Waals surface area contributed by atoms with Gasteiger partial charge in [-0.05, 0) is 38.5 Å². The normalized spacial score (nSPS) is 22.2. The third-order valence-corrected chi connectivity index (χ3v) is 6.62. The molecular formula is C23H29N5O. The van der Waals surface area contributed by atoms with Gasteiger partial charge in [0.25, 0.3) is 0 Å². The minimum Gasteiger partial charge on any atom is -0.356 e. The molecule has 1 unspecified atom stereocenters. The van der Waals surface area contributed by atoms with Crippen molar-refractivity contribution in [2.24, 2.45) is 11.7 Å². The van der Waals surface area contributed by atoms with Crippen LogP contribution in [0.4, 0.5) is 5.82 Å². The number of anilines is 1. The monoisotopic (exact) mass is 391 g/mol. The second kappa shape index (κ2) is 7.75. The minimum absolute atomic E-state index is 0.125. The molecule has 2 fully saturated rings. The Morgan fingerprint density at radius 1 is 1.00 bits per heavy atom. The number of likely N-dealkylation sites (tertiary alicyclic amines) is 1. The lowest BCUT2D eigenvalue weighted by Crippen LogP contribution is -2.43. The Hall–Kier alpha value is -2.47. The van der Waals surface area contributed by atoms with E-state index in [1.165, 1.54) is 11.3 Å². The molecule has 0 radical (unpaired) electrons. The molecule has 1 aromatic carbocycles. The average molecular weight is 392 g/mol. The van der Waals surface area contributed by atoms with Crippen LogP contribution >= 0.6 is 0 Å². The number of nitrogens with zero attached hydrogens (tertiary/aromatic N) is 4. The predicted octanol–water partition coefficient (Wildman–Crippen LogP) is 2.41. The Kier molecular flexibility index (Phi) is 4.96. The SMILES string of the molecule is NC1CCN(C(=O)C2CCN(c3nc(-c4ccccc4)nc4c3CCC4)CC2)C1. The number of rotatable bonds is 3. The highest BCUT2D eigenvalue weighted by molar-refractivity contribution is 5.79. The predicted molar refractivity (Wildman–Crippen MR) is 114 cm³/mol. The Balaban J connectivity index is 1.34. The first-order valence-electron chi connectivity index (χ1n) is 10.9. The van der Waals surface area contributed by atoms with Crippen molar-refractivity contribution < 1.29 is 4.79 Å². The van der Waals surface area contributed by atoms with E-state index in [0.29, 0.717) is 5.91 Å². The van der Waals surface area contributed by atoms with E-state index in [-0.39, 0.29) is 12.0 Å². The van der Waals surface area contributed by atoms with Crippen LogP contribution in [0.15, 0.2) is 30.3 Å². The molecular weight excluding hydrogens is 362 g/mol. The highest BCUT2D eigenvalue weighted by atomic mass is 16.2. The third-order valence-electron chi connectivity index (χ3n) is 6.62. The van der Waals surface area contributed by atoms with E-state index in [1.807, 2.05) is 23.1 Å². The van der Waals surface area contributed by atoms with Crippen LogP contribution in [0.2, 0.25) is 0 Å². The molecule has 2 aliphatic heterocycles. The van der Waals surface area contributed by atoms with Crippen LogP contribution in [0, 0.1) is 5.92 Å². The van der Waals surface area contributed by atoms with Gasteiger partial charge in [-0.25, -0.2) is 9.97 Å². The summed E-state index contributed by atoms with van der Waals surface area (Å²) in [6.07, 6.45) is 5.96. The number of fused-ring (bicyclic) bond motifs is 1. The largest absolute Gasteiger partial charge is 0.356 e. The Labute approximate surface area is 172 Å². The van der Waals surface area contributed by atoms with E-state index in [4.69, 9.17) is 15.7 Å². The first-order valence-corrected chi connectivity index (χ1v) is 10.9. The van der Waals surface area contributed by atoms with Crippen molar-refractivity contribution in [1.82, 2.24) is 14.9 Å². The molecule has 0 spiro atoms. The smallest absolute Gasteiger partial charge is 0.225 e. The number of aryl methyl sites for hydroxylation is 1. The van der Waals surface area contributed by atoms with Crippen LogP contribution in [0.1, 0.15) is 36.9 Å². The number of benzene rings is 1. The summed E-state index contributed by atoms with van der Waals surface area (Å²) in [5, 5.41) is 0. The number of hydrogen-bond donors (Lipinski definition) is 1. The van der Waals surface area contributed by atoms with Crippen LogP contribution in [-0.2, 0) is 17.6 Å². The summed E-state index contributed by atoms with van der Waals surface area (Å²) in [7, 11) is 0. The summed E-state index contributed by atoms with van der Waals surface area (Å²) >= 11 is 0. The lowest BCUT2D eigenvalue weighted by Gasteiger charge is -2.35. The number of nitrogens with two attached hydrogens (primary N) is 1. The van der Waals surface area contributed by atoms with Crippen LogP contribution < -0.4 is 10.6 Å². The van der Waals surface area contributed by atoms with Gasteiger partial charge in [0.05, 0.1) is 0 Å². The Morgan fingerprint density at radius 3 is 2.52 bits per heavy atom. The lowest BCUT2D eigenvalue weighted by molar-refractivity contribution is -0.135. The fourth-order valence-corrected chi connectivity index (χ4v) is 4.97. The van der Waals surface area contributed by atoms with Gasteiger partial charge in [0, 0.05) is 55.0 Å². The molecule has 5 rings (SSSR count). The van der Waals surface area contributed by atoms with Crippen molar-refractivity contribution in [3.63, 3.8) is 0 Å². The molecule has 0 saturated carbocycles. The van der Waals surface area contributed by atoms with Crippen molar-refractivity contribution >= 4 is 11.7 Å². The fraction of sp³-hybridized carbons (Fsp3) is 0.522.